The van der Waals surface area contributed by atoms with Crippen molar-refractivity contribution in [3.63, 3.8) is 0 Å². The summed E-state index contributed by atoms with van der Waals surface area (Å²) in [5, 5.41) is 0. The van der Waals surface area contributed by atoms with Gasteiger partial charge in [0.1, 0.15) is 12.4 Å². The van der Waals surface area contributed by atoms with Gasteiger partial charge in [-0.1, -0.05) is 36.4 Å². The van der Waals surface area contributed by atoms with Crippen LogP contribution in [0.2, 0.25) is 0 Å². The fraction of sp³-hybridized carbons (Fsp3) is 0.333. The normalized spacial score (nSPS) is 15.9. The number of esters is 2. The summed E-state index contributed by atoms with van der Waals surface area (Å²) >= 11 is 0. The molecule has 0 saturated carbocycles. The molecule has 1 aliphatic heterocycles. The van der Waals surface area contributed by atoms with Gasteiger partial charge in [-0.25, -0.2) is 4.79 Å². The van der Waals surface area contributed by atoms with Gasteiger partial charge in [0.2, 0.25) is 0 Å². The van der Waals surface area contributed by atoms with Crippen molar-refractivity contribution in [3.05, 3.63) is 89.5 Å². The number of nitrogens with zero attached hydrogens (tertiary/aromatic N) is 3. The number of alkyl halides is 3. The van der Waals surface area contributed by atoms with E-state index in [0.29, 0.717) is 23.8 Å². The van der Waals surface area contributed by atoms with E-state index in [9.17, 15) is 22.8 Å². The number of halogens is 3. The van der Waals surface area contributed by atoms with Crippen molar-refractivity contribution in [2.45, 2.75) is 44.5 Å². The van der Waals surface area contributed by atoms with Crippen LogP contribution in [0.15, 0.2) is 67.1 Å². The van der Waals surface area contributed by atoms with Crippen LogP contribution in [0.1, 0.15) is 41.1 Å². The molecule has 0 spiro atoms. The standard InChI is InChI=1S/C27H26F3N3O4/c28-27(29,30)26(35)37-25(34)10-7-19-5-8-23(9-6-19)36-18-21-3-1-20(2-4-21)16-33-14-11-22(17-33)24-15-31-12-13-32-24/h1-6,8-9,12-13,15,22H,7,10-11,14,16-18H2. The SMILES string of the molecule is O=C(CCc1ccc(OCc2ccc(CN3CCC(c4cnccn4)C3)cc2)cc1)OC(=O)C(F)(F)F. The van der Waals surface area contributed by atoms with Crippen molar-refractivity contribution in [1.82, 2.24) is 14.9 Å². The molecule has 3 aromatic rings. The molecule has 37 heavy (non-hydrogen) atoms. The molecule has 1 aliphatic rings. The Morgan fingerprint density at radius 1 is 0.973 bits per heavy atom. The quantitative estimate of drug-likeness (QED) is 0.305. The molecule has 0 aliphatic carbocycles. The van der Waals surface area contributed by atoms with Crippen LogP contribution in [0.25, 0.3) is 0 Å². The summed E-state index contributed by atoms with van der Waals surface area (Å²) in [7, 11) is 0. The average Bonchev–Trinajstić information content (AvgIpc) is 3.36. The van der Waals surface area contributed by atoms with Crippen LogP contribution in [-0.2, 0) is 33.9 Å². The van der Waals surface area contributed by atoms with E-state index in [1.165, 1.54) is 5.56 Å². The molecule has 0 amide bonds. The zero-order chi connectivity index (χ0) is 26.3. The summed E-state index contributed by atoms with van der Waals surface area (Å²) in [6.07, 6.45) is 0.960. The zero-order valence-electron chi connectivity index (χ0n) is 20.0. The first-order valence-electron chi connectivity index (χ1n) is 11.9. The summed E-state index contributed by atoms with van der Waals surface area (Å²) in [5.74, 6) is -2.69. The minimum Gasteiger partial charge on any atom is -0.489 e. The fourth-order valence-corrected chi connectivity index (χ4v) is 4.12. The lowest BCUT2D eigenvalue weighted by Gasteiger charge is -2.16. The maximum Gasteiger partial charge on any atom is 0.491 e. The first-order chi connectivity index (χ1) is 17.8. The molecular formula is C27H26F3N3O4. The van der Waals surface area contributed by atoms with Crippen LogP contribution in [0.3, 0.4) is 0 Å². The van der Waals surface area contributed by atoms with Crippen molar-refractivity contribution < 1.29 is 32.2 Å². The highest BCUT2D eigenvalue weighted by molar-refractivity contribution is 5.88. The Hall–Kier alpha value is -3.79. The molecule has 2 aromatic carbocycles. The largest absolute Gasteiger partial charge is 0.491 e. The van der Waals surface area contributed by atoms with E-state index in [0.717, 1.165) is 37.3 Å². The highest BCUT2D eigenvalue weighted by Crippen LogP contribution is 2.26. The van der Waals surface area contributed by atoms with Gasteiger partial charge in [0, 0.05) is 37.6 Å². The average molecular weight is 514 g/mol. The van der Waals surface area contributed by atoms with Gasteiger partial charge in [-0.3, -0.25) is 19.7 Å². The summed E-state index contributed by atoms with van der Waals surface area (Å²) in [6, 6.07) is 15.1. The first-order valence-corrected chi connectivity index (χ1v) is 11.9. The Kier molecular flexibility index (Phi) is 8.50. The molecule has 1 fully saturated rings. The topological polar surface area (TPSA) is 81.6 Å². The third kappa shape index (κ3) is 7.85. The van der Waals surface area contributed by atoms with E-state index in [1.54, 1.807) is 36.7 Å². The summed E-state index contributed by atoms with van der Waals surface area (Å²) in [4.78, 5) is 33.1. The maximum absolute atomic E-state index is 12.1. The second-order valence-corrected chi connectivity index (χ2v) is 8.86. The number of hydrogen-bond acceptors (Lipinski definition) is 7. The lowest BCUT2D eigenvalue weighted by Crippen LogP contribution is -2.28. The minimum atomic E-state index is -5.19. The molecule has 4 rings (SSSR count). The van der Waals surface area contributed by atoms with Gasteiger partial charge in [-0.2, -0.15) is 13.2 Å². The van der Waals surface area contributed by atoms with Gasteiger partial charge in [-0.15, -0.1) is 0 Å². The number of likely N-dealkylation sites (tertiary alicyclic amines) is 1. The molecule has 10 heteroatoms. The van der Waals surface area contributed by atoms with Crippen LogP contribution in [-0.4, -0.2) is 46.1 Å². The van der Waals surface area contributed by atoms with Crippen LogP contribution >= 0.6 is 0 Å². The van der Waals surface area contributed by atoms with Gasteiger partial charge < -0.3 is 9.47 Å². The minimum absolute atomic E-state index is 0.141. The summed E-state index contributed by atoms with van der Waals surface area (Å²) < 4.78 is 46.0. The Bertz CT molecular complexity index is 1190. The second-order valence-electron chi connectivity index (χ2n) is 8.86. The predicted octanol–water partition coefficient (Wildman–Crippen LogP) is 4.61. The van der Waals surface area contributed by atoms with E-state index in [2.05, 4.69) is 31.7 Å². The third-order valence-electron chi connectivity index (χ3n) is 6.09. The number of carbonyl (C=O) groups is 2. The lowest BCUT2D eigenvalue weighted by atomic mass is 10.1. The first kappa shape index (κ1) is 26.3. The zero-order valence-corrected chi connectivity index (χ0v) is 20.0. The van der Waals surface area contributed by atoms with Gasteiger partial charge in [0.05, 0.1) is 12.1 Å². The smallest absolute Gasteiger partial charge is 0.489 e. The Labute approximate surface area is 212 Å². The van der Waals surface area contributed by atoms with E-state index < -0.39 is 18.1 Å². The second kappa shape index (κ2) is 12.0. The van der Waals surface area contributed by atoms with E-state index in [4.69, 9.17) is 4.74 Å². The molecule has 2 heterocycles. The third-order valence-corrected chi connectivity index (χ3v) is 6.09. The van der Waals surface area contributed by atoms with E-state index in [1.807, 2.05) is 18.3 Å². The van der Waals surface area contributed by atoms with Crippen LogP contribution in [0, 0.1) is 0 Å². The van der Waals surface area contributed by atoms with Crippen molar-refractivity contribution in [1.29, 1.82) is 0 Å². The number of rotatable bonds is 9. The molecule has 1 aromatic heterocycles. The van der Waals surface area contributed by atoms with Crippen LogP contribution in [0.5, 0.6) is 5.75 Å². The van der Waals surface area contributed by atoms with Crippen molar-refractivity contribution in [3.8, 4) is 5.75 Å². The molecular weight excluding hydrogens is 487 g/mol. The van der Waals surface area contributed by atoms with Gasteiger partial charge in [-0.05, 0) is 48.2 Å². The molecule has 0 N–H and O–H groups in total. The highest BCUT2D eigenvalue weighted by Gasteiger charge is 2.42. The molecule has 0 radical (unpaired) electrons. The number of aryl methyl sites for hydroxylation is 1. The Morgan fingerprint density at radius 2 is 1.68 bits per heavy atom. The lowest BCUT2D eigenvalue weighted by molar-refractivity contribution is -0.201. The molecule has 1 unspecified atom stereocenters. The summed E-state index contributed by atoms with van der Waals surface area (Å²) in [5.41, 5.74) is 3.99. The van der Waals surface area contributed by atoms with Crippen LogP contribution in [0.4, 0.5) is 13.2 Å². The number of aromatic nitrogens is 2. The molecule has 1 atom stereocenters. The predicted molar refractivity (Wildman–Crippen MR) is 127 cm³/mol. The number of ether oxygens (including phenoxy) is 2. The van der Waals surface area contributed by atoms with E-state index >= 15 is 0 Å². The van der Waals surface area contributed by atoms with Crippen molar-refractivity contribution >= 4 is 11.9 Å². The fourth-order valence-electron chi connectivity index (χ4n) is 4.12. The van der Waals surface area contributed by atoms with Gasteiger partial charge in [0.15, 0.2) is 0 Å². The molecule has 1 saturated heterocycles. The Balaban J connectivity index is 1.19. The number of benzene rings is 2. The Morgan fingerprint density at radius 3 is 2.35 bits per heavy atom. The summed E-state index contributed by atoms with van der Waals surface area (Å²) in [6.45, 7) is 3.24. The van der Waals surface area contributed by atoms with Crippen LogP contribution < -0.4 is 4.74 Å². The molecule has 194 valence electrons. The number of hydrogen-bond donors (Lipinski definition) is 0. The maximum atomic E-state index is 12.1. The van der Waals surface area contributed by atoms with Crippen molar-refractivity contribution in [2.75, 3.05) is 13.1 Å². The van der Waals surface area contributed by atoms with Crippen molar-refractivity contribution in [2.24, 2.45) is 0 Å². The highest BCUT2D eigenvalue weighted by atomic mass is 19.4. The molecule has 0 bridgehead atoms. The number of carbonyl (C=O) groups excluding carboxylic acids is 2. The molecule has 7 nitrogen and oxygen atoms in total. The van der Waals surface area contributed by atoms with E-state index in [-0.39, 0.29) is 12.8 Å². The van der Waals surface area contributed by atoms with Gasteiger partial charge >= 0.3 is 18.1 Å². The monoisotopic (exact) mass is 513 g/mol. The van der Waals surface area contributed by atoms with Gasteiger partial charge in [0.25, 0.3) is 0 Å².